The Morgan fingerprint density at radius 2 is 2.41 bits per heavy atom. The van der Waals surface area contributed by atoms with E-state index in [1.165, 1.54) is 17.8 Å². The predicted octanol–water partition coefficient (Wildman–Crippen LogP) is 2.92. The van der Waals surface area contributed by atoms with Gasteiger partial charge in [0.1, 0.15) is 6.33 Å². The zero-order valence-electron chi connectivity index (χ0n) is 9.67. The Morgan fingerprint density at radius 3 is 3.12 bits per heavy atom. The quantitative estimate of drug-likeness (QED) is 0.780. The molecule has 90 valence electrons. The lowest BCUT2D eigenvalue weighted by Crippen LogP contribution is -1.94. The number of rotatable bonds is 5. The van der Waals surface area contributed by atoms with Gasteiger partial charge in [-0.2, -0.15) is 0 Å². The fraction of sp³-hybridized carbons (Fsp3) is 0.545. The molecule has 1 fully saturated rings. The average Bonchev–Trinajstić information content (AvgIpc) is 2.93. The second-order valence-electron chi connectivity index (χ2n) is 4.13. The SMILES string of the molecule is CCc1nc(CSc2nncn2C2CC2)cs1. The van der Waals surface area contributed by atoms with Crippen molar-refractivity contribution in [3.8, 4) is 0 Å². The number of hydrogen-bond acceptors (Lipinski definition) is 5. The Morgan fingerprint density at radius 1 is 1.53 bits per heavy atom. The van der Waals surface area contributed by atoms with Crippen LogP contribution in [0.3, 0.4) is 0 Å². The molecule has 2 heterocycles. The van der Waals surface area contributed by atoms with Crippen LogP contribution < -0.4 is 0 Å². The first-order chi connectivity index (χ1) is 8.36. The van der Waals surface area contributed by atoms with E-state index < -0.39 is 0 Å². The Balaban J connectivity index is 1.64. The van der Waals surface area contributed by atoms with Crippen molar-refractivity contribution in [2.24, 2.45) is 0 Å². The van der Waals surface area contributed by atoms with E-state index in [0.717, 1.165) is 23.0 Å². The van der Waals surface area contributed by atoms with Crippen molar-refractivity contribution in [3.05, 3.63) is 22.4 Å². The van der Waals surface area contributed by atoms with Gasteiger partial charge in [-0.1, -0.05) is 18.7 Å². The number of hydrogen-bond donors (Lipinski definition) is 0. The highest BCUT2D eigenvalue weighted by atomic mass is 32.2. The lowest BCUT2D eigenvalue weighted by Gasteiger charge is -2.02. The molecular weight excluding hydrogens is 252 g/mol. The fourth-order valence-corrected chi connectivity index (χ4v) is 3.38. The van der Waals surface area contributed by atoms with Gasteiger partial charge in [-0.3, -0.25) is 0 Å². The van der Waals surface area contributed by atoms with Gasteiger partial charge in [0, 0.05) is 17.2 Å². The molecule has 4 nitrogen and oxygen atoms in total. The van der Waals surface area contributed by atoms with Crippen molar-refractivity contribution in [2.75, 3.05) is 0 Å². The molecule has 1 aliphatic carbocycles. The summed E-state index contributed by atoms with van der Waals surface area (Å²) >= 11 is 3.47. The van der Waals surface area contributed by atoms with Gasteiger partial charge in [0.2, 0.25) is 0 Å². The van der Waals surface area contributed by atoms with Crippen LogP contribution in [0.1, 0.15) is 36.5 Å². The second-order valence-corrected chi connectivity index (χ2v) is 6.01. The van der Waals surface area contributed by atoms with Gasteiger partial charge in [0.15, 0.2) is 5.16 Å². The summed E-state index contributed by atoms with van der Waals surface area (Å²) in [6.07, 6.45) is 5.40. The number of aromatic nitrogens is 4. The Bertz CT molecular complexity index is 501. The van der Waals surface area contributed by atoms with Crippen molar-refractivity contribution in [1.29, 1.82) is 0 Å². The fourth-order valence-electron chi connectivity index (χ4n) is 1.65. The van der Waals surface area contributed by atoms with Gasteiger partial charge >= 0.3 is 0 Å². The molecule has 0 N–H and O–H groups in total. The van der Waals surface area contributed by atoms with Crippen LogP contribution in [0, 0.1) is 0 Å². The molecule has 1 aliphatic rings. The van der Waals surface area contributed by atoms with Crippen molar-refractivity contribution in [2.45, 2.75) is 43.1 Å². The summed E-state index contributed by atoms with van der Waals surface area (Å²) in [5, 5.41) is 12.5. The van der Waals surface area contributed by atoms with E-state index >= 15 is 0 Å². The van der Waals surface area contributed by atoms with E-state index in [0.29, 0.717) is 6.04 Å². The van der Waals surface area contributed by atoms with Crippen LogP contribution in [0.4, 0.5) is 0 Å². The normalized spacial score (nSPS) is 15.4. The molecular formula is C11H14N4S2. The standard InChI is InChI=1S/C11H14N4S2/c1-2-10-13-8(5-16-10)6-17-11-14-12-7-15(11)9-3-4-9/h5,7,9H,2-4,6H2,1H3. The van der Waals surface area contributed by atoms with E-state index in [4.69, 9.17) is 0 Å². The first kappa shape index (κ1) is 11.2. The van der Waals surface area contributed by atoms with E-state index in [1.807, 2.05) is 6.33 Å². The third-order valence-corrected chi connectivity index (χ3v) is 4.76. The maximum atomic E-state index is 4.56. The predicted molar refractivity (Wildman–Crippen MR) is 69.3 cm³/mol. The Labute approximate surface area is 108 Å². The smallest absolute Gasteiger partial charge is 0.191 e. The first-order valence-electron chi connectivity index (χ1n) is 5.82. The van der Waals surface area contributed by atoms with Gasteiger partial charge in [-0.15, -0.1) is 21.5 Å². The molecule has 2 aromatic rings. The number of aryl methyl sites for hydroxylation is 1. The van der Waals surface area contributed by atoms with Gasteiger partial charge in [-0.05, 0) is 19.3 Å². The van der Waals surface area contributed by atoms with Crippen LogP contribution in [-0.4, -0.2) is 19.7 Å². The molecule has 6 heteroatoms. The third-order valence-electron chi connectivity index (χ3n) is 2.73. The number of thiazole rings is 1. The zero-order valence-corrected chi connectivity index (χ0v) is 11.3. The molecule has 0 radical (unpaired) electrons. The van der Waals surface area contributed by atoms with Gasteiger partial charge in [-0.25, -0.2) is 4.98 Å². The minimum absolute atomic E-state index is 0.647. The highest BCUT2D eigenvalue weighted by molar-refractivity contribution is 7.98. The maximum absolute atomic E-state index is 4.56. The molecule has 0 atom stereocenters. The lowest BCUT2D eigenvalue weighted by atomic mass is 10.5. The molecule has 0 aromatic carbocycles. The molecule has 0 amide bonds. The van der Waals surface area contributed by atoms with Gasteiger partial charge in [0.05, 0.1) is 10.7 Å². The van der Waals surface area contributed by atoms with Crippen molar-refractivity contribution >= 4 is 23.1 Å². The van der Waals surface area contributed by atoms with Gasteiger partial charge in [0.25, 0.3) is 0 Å². The van der Waals surface area contributed by atoms with Crippen LogP contribution in [0.15, 0.2) is 16.9 Å². The first-order valence-corrected chi connectivity index (χ1v) is 7.69. The van der Waals surface area contributed by atoms with Crippen LogP contribution >= 0.6 is 23.1 Å². The molecule has 2 aromatic heterocycles. The summed E-state index contributed by atoms with van der Waals surface area (Å²) < 4.78 is 2.19. The zero-order chi connectivity index (χ0) is 11.7. The second kappa shape index (κ2) is 4.78. The summed E-state index contributed by atoms with van der Waals surface area (Å²) in [7, 11) is 0. The van der Waals surface area contributed by atoms with E-state index in [9.17, 15) is 0 Å². The number of thioether (sulfide) groups is 1. The van der Waals surface area contributed by atoms with E-state index in [-0.39, 0.29) is 0 Å². The molecule has 3 rings (SSSR count). The molecule has 0 saturated heterocycles. The highest BCUT2D eigenvalue weighted by Crippen LogP contribution is 2.37. The summed E-state index contributed by atoms with van der Waals surface area (Å²) in [5.41, 5.74) is 1.15. The maximum Gasteiger partial charge on any atom is 0.191 e. The molecule has 17 heavy (non-hydrogen) atoms. The molecule has 0 aliphatic heterocycles. The Hall–Kier alpha value is -0.880. The molecule has 0 bridgehead atoms. The third kappa shape index (κ3) is 2.52. The summed E-state index contributed by atoms with van der Waals surface area (Å²) in [4.78, 5) is 4.56. The lowest BCUT2D eigenvalue weighted by molar-refractivity contribution is 0.663. The summed E-state index contributed by atoms with van der Waals surface area (Å²) in [5.74, 6) is 0.891. The largest absolute Gasteiger partial charge is 0.306 e. The number of nitrogens with zero attached hydrogens (tertiary/aromatic N) is 4. The van der Waals surface area contributed by atoms with Crippen LogP contribution in [0.25, 0.3) is 0 Å². The Kier molecular flexibility index (Phi) is 3.15. The average molecular weight is 266 g/mol. The van der Waals surface area contributed by atoms with Crippen molar-refractivity contribution in [1.82, 2.24) is 19.7 Å². The van der Waals surface area contributed by atoms with Crippen molar-refractivity contribution in [3.63, 3.8) is 0 Å². The topological polar surface area (TPSA) is 43.6 Å². The van der Waals surface area contributed by atoms with Crippen molar-refractivity contribution < 1.29 is 0 Å². The van der Waals surface area contributed by atoms with Crippen LogP contribution in [-0.2, 0) is 12.2 Å². The summed E-state index contributed by atoms with van der Waals surface area (Å²) in [6, 6.07) is 0.647. The van der Waals surface area contributed by atoms with Gasteiger partial charge < -0.3 is 4.57 Å². The molecule has 1 saturated carbocycles. The van der Waals surface area contributed by atoms with E-state index in [2.05, 4.69) is 32.1 Å². The minimum atomic E-state index is 0.647. The van der Waals surface area contributed by atoms with E-state index in [1.54, 1.807) is 23.1 Å². The summed E-state index contributed by atoms with van der Waals surface area (Å²) in [6.45, 7) is 2.14. The monoisotopic (exact) mass is 266 g/mol. The molecule has 0 spiro atoms. The minimum Gasteiger partial charge on any atom is -0.306 e. The van der Waals surface area contributed by atoms with Crippen LogP contribution in [0.2, 0.25) is 0 Å². The van der Waals surface area contributed by atoms with Crippen LogP contribution in [0.5, 0.6) is 0 Å². The highest BCUT2D eigenvalue weighted by Gasteiger charge is 2.26. The molecule has 0 unspecified atom stereocenters.